The summed E-state index contributed by atoms with van der Waals surface area (Å²) < 4.78 is 18.1. The van der Waals surface area contributed by atoms with Crippen LogP contribution in [-0.4, -0.2) is 11.1 Å². The molecule has 1 heterocycles. The summed E-state index contributed by atoms with van der Waals surface area (Å²) in [6, 6.07) is 10.7. The molecule has 4 nitrogen and oxygen atoms in total. The molecule has 2 aromatic rings. The van der Waals surface area contributed by atoms with Crippen molar-refractivity contribution in [3.8, 4) is 6.07 Å². The van der Waals surface area contributed by atoms with Crippen molar-refractivity contribution < 1.29 is 18.7 Å². The summed E-state index contributed by atoms with van der Waals surface area (Å²) in [7, 11) is 0. The number of nitrogens with zero attached hydrogens (tertiary/aromatic N) is 1. The Balaban J connectivity index is 2.20. The fraction of sp³-hybridized carbons (Fsp3) is 0.143. The Labute approximate surface area is 108 Å². The maximum absolute atomic E-state index is 13.0. The van der Waals surface area contributed by atoms with Gasteiger partial charge in [0.15, 0.2) is 0 Å². The molecule has 1 aromatic heterocycles. The number of hydrogen-bond acceptors (Lipinski definition) is 3. The van der Waals surface area contributed by atoms with Crippen LogP contribution in [0.1, 0.15) is 27.8 Å². The van der Waals surface area contributed by atoms with Gasteiger partial charge in [0.1, 0.15) is 17.5 Å². The van der Waals surface area contributed by atoms with Crippen LogP contribution in [0, 0.1) is 17.1 Å². The molecule has 1 aromatic carbocycles. The second-order valence-electron chi connectivity index (χ2n) is 4.02. The number of carboxylic acid groups (broad SMARTS) is 1. The van der Waals surface area contributed by atoms with Crippen LogP contribution in [0.3, 0.4) is 0 Å². The number of hydrogen-bond donors (Lipinski definition) is 1. The Kier molecular flexibility index (Phi) is 3.62. The molecule has 96 valence electrons. The molecular weight excluding hydrogens is 249 g/mol. The van der Waals surface area contributed by atoms with Gasteiger partial charge in [-0.05, 0) is 36.2 Å². The van der Waals surface area contributed by atoms with Crippen molar-refractivity contribution in [1.29, 1.82) is 5.26 Å². The Morgan fingerprint density at radius 2 is 2.21 bits per heavy atom. The molecule has 1 N–H and O–H groups in total. The van der Waals surface area contributed by atoms with Gasteiger partial charge in [-0.25, -0.2) is 9.18 Å². The molecule has 0 radical (unpaired) electrons. The number of halogens is 1. The van der Waals surface area contributed by atoms with E-state index in [0.717, 1.165) is 0 Å². The quantitative estimate of drug-likeness (QED) is 0.915. The first-order valence-corrected chi connectivity index (χ1v) is 5.57. The van der Waals surface area contributed by atoms with E-state index in [1.807, 2.05) is 6.07 Å². The maximum atomic E-state index is 13.0. The van der Waals surface area contributed by atoms with Crippen LogP contribution in [0.4, 0.5) is 4.39 Å². The summed E-state index contributed by atoms with van der Waals surface area (Å²) in [5.74, 6) is -2.15. The molecule has 5 heteroatoms. The van der Waals surface area contributed by atoms with Gasteiger partial charge in [-0.3, -0.25) is 0 Å². The van der Waals surface area contributed by atoms with E-state index in [-0.39, 0.29) is 23.8 Å². The summed E-state index contributed by atoms with van der Waals surface area (Å²) >= 11 is 0. The minimum atomic E-state index is -1.19. The van der Waals surface area contributed by atoms with Crippen molar-refractivity contribution in [3.05, 3.63) is 59.3 Å². The SMILES string of the molecule is N#CC(Cc1cccc(F)c1)c1ccc(C(=O)O)o1. The summed E-state index contributed by atoms with van der Waals surface area (Å²) in [6.45, 7) is 0. The lowest BCUT2D eigenvalue weighted by Gasteiger charge is -2.06. The van der Waals surface area contributed by atoms with E-state index in [4.69, 9.17) is 14.8 Å². The van der Waals surface area contributed by atoms with E-state index in [0.29, 0.717) is 5.56 Å². The fourth-order valence-corrected chi connectivity index (χ4v) is 1.76. The molecule has 0 bridgehead atoms. The van der Waals surface area contributed by atoms with Gasteiger partial charge in [-0.15, -0.1) is 0 Å². The number of carboxylic acids is 1. The first-order chi connectivity index (χ1) is 9.10. The van der Waals surface area contributed by atoms with E-state index >= 15 is 0 Å². The molecule has 0 saturated heterocycles. The molecule has 0 aliphatic rings. The number of benzene rings is 1. The number of furan rings is 1. The average molecular weight is 259 g/mol. The van der Waals surface area contributed by atoms with Crippen molar-refractivity contribution in [2.24, 2.45) is 0 Å². The van der Waals surface area contributed by atoms with Crippen molar-refractivity contribution in [2.45, 2.75) is 12.3 Å². The van der Waals surface area contributed by atoms with Crippen molar-refractivity contribution in [1.82, 2.24) is 0 Å². The molecule has 19 heavy (non-hydrogen) atoms. The third-order valence-corrected chi connectivity index (χ3v) is 2.67. The van der Waals surface area contributed by atoms with Gasteiger partial charge >= 0.3 is 5.97 Å². The molecule has 2 rings (SSSR count). The zero-order valence-electron chi connectivity index (χ0n) is 9.84. The predicted molar refractivity (Wildman–Crippen MR) is 64.1 cm³/mol. The standard InChI is InChI=1S/C14H10FNO3/c15-11-3-1-2-9(7-11)6-10(8-16)12-4-5-13(19-12)14(17)18/h1-5,7,10H,6H2,(H,17,18). The van der Waals surface area contributed by atoms with Gasteiger partial charge in [0.25, 0.3) is 0 Å². The highest BCUT2D eigenvalue weighted by molar-refractivity contribution is 5.84. The highest BCUT2D eigenvalue weighted by Gasteiger charge is 2.18. The first kappa shape index (κ1) is 12.8. The van der Waals surface area contributed by atoms with E-state index in [9.17, 15) is 9.18 Å². The zero-order valence-corrected chi connectivity index (χ0v) is 9.84. The maximum Gasteiger partial charge on any atom is 0.371 e. The van der Waals surface area contributed by atoms with Gasteiger partial charge in [0.2, 0.25) is 5.76 Å². The molecule has 0 aliphatic carbocycles. The average Bonchev–Trinajstić information content (AvgIpc) is 2.85. The van der Waals surface area contributed by atoms with E-state index in [1.54, 1.807) is 12.1 Å². The van der Waals surface area contributed by atoms with Crippen molar-refractivity contribution >= 4 is 5.97 Å². The second kappa shape index (κ2) is 5.36. The molecule has 0 amide bonds. The third-order valence-electron chi connectivity index (χ3n) is 2.67. The molecule has 0 spiro atoms. The number of rotatable bonds is 4. The molecular formula is C14H10FNO3. The van der Waals surface area contributed by atoms with E-state index < -0.39 is 11.9 Å². The first-order valence-electron chi connectivity index (χ1n) is 5.57. The van der Waals surface area contributed by atoms with Crippen LogP contribution < -0.4 is 0 Å². The largest absolute Gasteiger partial charge is 0.475 e. The highest BCUT2D eigenvalue weighted by atomic mass is 19.1. The summed E-state index contributed by atoms with van der Waals surface area (Å²) in [5.41, 5.74) is 0.653. The number of aromatic carboxylic acids is 1. The third kappa shape index (κ3) is 2.99. The Hall–Kier alpha value is -2.61. The predicted octanol–water partition coefficient (Wildman–Crippen LogP) is 2.97. The minimum Gasteiger partial charge on any atom is -0.475 e. The van der Waals surface area contributed by atoms with Gasteiger partial charge in [-0.2, -0.15) is 5.26 Å². The van der Waals surface area contributed by atoms with Crippen LogP contribution in [0.2, 0.25) is 0 Å². The van der Waals surface area contributed by atoms with Crippen LogP contribution in [-0.2, 0) is 6.42 Å². The topological polar surface area (TPSA) is 74.2 Å². The Morgan fingerprint density at radius 1 is 1.42 bits per heavy atom. The van der Waals surface area contributed by atoms with Gasteiger partial charge in [-0.1, -0.05) is 12.1 Å². The van der Waals surface area contributed by atoms with Crippen molar-refractivity contribution in [2.75, 3.05) is 0 Å². The Morgan fingerprint density at radius 3 is 2.79 bits per heavy atom. The minimum absolute atomic E-state index is 0.213. The van der Waals surface area contributed by atoms with E-state index in [1.165, 1.54) is 24.3 Å². The summed E-state index contributed by atoms with van der Waals surface area (Å²) in [6.07, 6.45) is 0.265. The molecule has 0 aliphatic heterocycles. The van der Waals surface area contributed by atoms with Crippen LogP contribution >= 0.6 is 0 Å². The highest BCUT2D eigenvalue weighted by Crippen LogP contribution is 2.23. The Bertz CT molecular complexity index is 642. The monoisotopic (exact) mass is 259 g/mol. The molecule has 0 fully saturated rings. The van der Waals surface area contributed by atoms with Crippen molar-refractivity contribution in [3.63, 3.8) is 0 Å². The number of carbonyl (C=O) groups is 1. The smallest absolute Gasteiger partial charge is 0.371 e. The normalized spacial score (nSPS) is 11.8. The lowest BCUT2D eigenvalue weighted by Crippen LogP contribution is -2.00. The van der Waals surface area contributed by atoms with Crippen LogP contribution in [0.5, 0.6) is 0 Å². The summed E-state index contributed by atoms with van der Waals surface area (Å²) in [5, 5.41) is 17.9. The lowest BCUT2D eigenvalue weighted by atomic mass is 9.98. The summed E-state index contributed by atoms with van der Waals surface area (Å²) in [4.78, 5) is 10.7. The second-order valence-corrected chi connectivity index (χ2v) is 4.02. The van der Waals surface area contributed by atoms with Crippen LogP contribution in [0.15, 0.2) is 40.8 Å². The zero-order chi connectivity index (χ0) is 13.8. The van der Waals surface area contributed by atoms with Gasteiger partial charge in [0, 0.05) is 0 Å². The molecule has 1 atom stereocenters. The van der Waals surface area contributed by atoms with Gasteiger partial charge < -0.3 is 9.52 Å². The number of nitriles is 1. The van der Waals surface area contributed by atoms with Crippen LogP contribution in [0.25, 0.3) is 0 Å². The molecule has 1 unspecified atom stereocenters. The molecule has 0 saturated carbocycles. The fourth-order valence-electron chi connectivity index (χ4n) is 1.76. The van der Waals surface area contributed by atoms with E-state index in [2.05, 4.69) is 0 Å². The lowest BCUT2D eigenvalue weighted by molar-refractivity contribution is 0.0660. The van der Waals surface area contributed by atoms with Gasteiger partial charge in [0.05, 0.1) is 6.07 Å².